The van der Waals surface area contributed by atoms with Crippen LogP contribution in [0.15, 0.2) is 6.07 Å². The number of thiophene rings is 1. The molecule has 0 saturated heterocycles. The van der Waals surface area contributed by atoms with Gasteiger partial charge >= 0.3 is 5.97 Å². The van der Waals surface area contributed by atoms with Gasteiger partial charge in [0.2, 0.25) is 0 Å². The molecule has 0 radical (unpaired) electrons. The molecule has 0 spiro atoms. The van der Waals surface area contributed by atoms with Crippen LogP contribution < -0.4 is 0 Å². The second-order valence-electron chi connectivity index (χ2n) is 4.81. The van der Waals surface area contributed by atoms with Crippen LogP contribution in [0.1, 0.15) is 63.4 Å². The molecule has 0 unspecified atom stereocenters. The quantitative estimate of drug-likeness (QED) is 0.837. The van der Waals surface area contributed by atoms with Gasteiger partial charge in [-0.3, -0.25) is 4.79 Å². The summed E-state index contributed by atoms with van der Waals surface area (Å²) in [5.74, 6) is 0.155. The summed E-state index contributed by atoms with van der Waals surface area (Å²) in [5, 5.41) is 9.15. The highest BCUT2D eigenvalue weighted by molar-refractivity contribution is 7.15. The van der Waals surface area contributed by atoms with Crippen LogP contribution in [-0.4, -0.2) is 17.4 Å². The van der Waals surface area contributed by atoms with Gasteiger partial charge in [-0.25, -0.2) is 4.79 Å². The molecular formula is C13H16O3S. The number of aromatic carboxylic acids is 1. The molecule has 3 nitrogen and oxygen atoms in total. The van der Waals surface area contributed by atoms with Crippen molar-refractivity contribution < 1.29 is 14.7 Å². The number of carbonyl (C=O) groups excluding carboxylic acids is 1. The molecule has 17 heavy (non-hydrogen) atoms. The Hall–Kier alpha value is -1.16. The molecule has 1 heterocycles. The minimum atomic E-state index is -0.906. The van der Waals surface area contributed by atoms with E-state index in [4.69, 9.17) is 5.11 Å². The molecule has 1 N–H and O–H groups in total. The number of carbonyl (C=O) groups is 2. The Bertz CT molecular complexity index is 428. The first-order chi connectivity index (χ1) is 8.11. The van der Waals surface area contributed by atoms with Crippen LogP contribution in [0.3, 0.4) is 0 Å². The van der Waals surface area contributed by atoms with E-state index < -0.39 is 5.97 Å². The normalized spacial score (nSPS) is 24.5. The third-order valence-electron chi connectivity index (χ3n) is 3.55. The van der Waals surface area contributed by atoms with Gasteiger partial charge in [0.05, 0.1) is 4.88 Å². The van der Waals surface area contributed by atoms with Gasteiger partial charge in [0.1, 0.15) is 4.88 Å². The molecule has 1 aromatic heterocycles. The highest BCUT2D eigenvalue weighted by atomic mass is 32.1. The van der Waals surface area contributed by atoms with Gasteiger partial charge < -0.3 is 5.11 Å². The molecule has 0 atom stereocenters. The maximum atomic E-state index is 11.2. The number of carboxylic acid groups (broad SMARTS) is 1. The smallest absolute Gasteiger partial charge is 0.346 e. The standard InChI is InChI=1S/C13H16O3S/c1-8-2-4-9(5-3-8)11-6-10(7-14)17-12(11)13(15)16/h6-9H,2-5H2,1H3,(H,15,16). The Kier molecular flexibility index (Phi) is 3.62. The van der Waals surface area contributed by atoms with Crippen molar-refractivity contribution in [2.45, 2.75) is 38.5 Å². The molecule has 1 aliphatic carbocycles. The number of aldehydes is 1. The van der Waals surface area contributed by atoms with Crippen LogP contribution in [-0.2, 0) is 0 Å². The van der Waals surface area contributed by atoms with Crippen molar-refractivity contribution in [3.8, 4) is 0 Å². The van der Waals surface area contributed by atoms with Crippen LogP contribution in [0.5, 0.6) is 0 Å². The van der Waals surface area contributed by atoms with E-state index in [2.05, 4.69) is 6.92 Å². The molecule has 2 rings (SSSR count). The minimum Gasteiger partial charge on any atom is -0.477 e. The molecule has 0 aliphatic heterocycles. The fraction of sp³-hybridized carbons (Fsp3) is 0.538. The third kappa shape index (κ3) is 2.57. The number of hydrogen-bond donors (Lipinski definition) is 1. The molecule has 0 bridgehead atoms. The maximum absolute atomic E-state index is 11.2. The number of carboxylic acids is 1. The number of hydrogen-bond acceptors (Lipinski definition) is 3. The summed E-state index contributed by atoms with van der Waals surface area (Å²) in [6.07, 6.45) is 5.12. The van der Waals surface area contributed by atoms with E-state index in [1.807, 2.05) is 0 Å². The summed E-state index contributed by atoms with van der Waals surface area (Å²) in [6.45, 7) is 2.23. The van der Waals surface area contributed by atoms with E-state index in [1.54, 1.807) is 6.07 Å². The summed E-state index contributed by atoms with van der Waals surface area (Å²) in [4.78, 5) is 22.8. The first-order valence-corrected chi connectivity index (χ1v) is 6.75. The van der Waals surface area contributed by atoms with E-state index in [9.17, 15) is 9.59 Å². The lowest BCUT2D eigenvalue weighted by atomic mass is 9.79. The van der Waals surface area contributed by atoms with Crippen LogP contribution in [0.4, 0.5) is 0 Å². The lowest BCUT2D eigenvalue weighted by Gasteiger charge is -2.26. The number of rotatable bonds is 3. The predicted octanol–water partition coefficient (Wildman–Crippen LogP) is 3.55. The topological polar surface area (TPSA) is 54.4 Å². The average molecular weight is 252 g/mol. The van der Waals surface area contributed by atoms with Crippen molar-refractivity contribution in [3.63, 3.8) is 0 Å². The van der Waals surface area contributed by atoms with Crippen LogP contribution in [0.25, 0.3) is 0 Å². The largest absolute Gasteiger partial charge is 0.477 e. The van der Waals surface area contributed by atoms with Gasteiger partial charge in [-0.1, -0.05) is 19.8 Å². The summed E-state index contributed by atoms with van der Waals surface area (Å²) in [7, 11) is 0. The van der Waals surface area contributed by atoms with Crippen LogP contribution in [0.2, 0.25) is 0 Å². The molecule has 0 aromatic carbocycles. The Morgan fingerprint density at radius 1 is 1.41 bits per heavy atom. The zero-order valence-corrected chi connectivity index (χ0v) is 10.6. The summed E-state index contributed by atoms with van der Waals surface area (Å²) in [5.41, 5.74) is 0.872. The fourth-order valence-corrected chi connectivity index (χ4v) is 3.43. The third-order valence-corrected chi connectivity index (χ3v) is 4.61. The van der Waals surface area contributed by atoms with Crippen molar-refractivity contribution in [1.29, 1.82) is 0 Å². The van der Waals surface area contributed by atoms with E-state index >= 15 is 0 Å². The second-order valence-corrected chi connectivity index (χ2v) is 5.90. The van der Waals surface area contributed by atoms with Crippen LogP contribution >= 0.6 is 11.3 Å². The average Bonchev–Trinajstić information content (AvgIpc) is 2.74. The fourth-order valence-electron chi connectivity index (χ4n) is 2.52. The van der Waals surface area contributed by atoms with E-state index in [-0.39, 0.29) is 0 Å². The molecule has 4 heteroatoms. The van der Waals surface area contributed by atoms with Gasteiger partial charge in [-0.15, -0.1) is 11.3 Å². The zero-order valence-electron chi connectivity index (χ0n) is 9.81. The lowest BCUT2D eigenvalue weighted by molar-refractivity contribution is 0.0700. The van der Waals surface area contributed by atoms with Crippen LogP contribution in [0, 0.1) is 5.92 Å². The Morgan fingerprint density at radius 2 is 2.06 bits per heavy atom. The Morgan fingerprint density at radius 3 is 2.59 bits per heavy atom. The highest BCUT2D eigenvalue weighted by Crippen LogP contribution is 2.39. The monoisotopic (exact) mass is 252 g/mol. The summed E-state index contributed by atoms with van der Waals surface area (Å²) >= 11 is 1.09. The molecule has 1 saturated carbocycles. The first kappa shape index (κ1) is 12.3. The summed E-state index contributed by atoms with van der Waals surface area (Å²) < 4.78 is 0. The Balaban J connectivity index is 2.27. The van der Waals surface area contributed by atoms with Crippen molar-refractivity contribution in [1.82, 2.24) is 0 Å². The van der Waals surface area contributed by atoms with Gasteiger partial charge in [-0.2, -0.15) is 0 Å². The van der Waals surface area contributed by atoms with Gasteiger partial charge in [-0.05, 0) is 36.3 Å². The molecule has 92 valence electrons. The van der Waals surface area contributed by atoms with E-state index in [0.29, 0.717) is 15.7 Å². The Labute approximate surface area is 104 Å². The molecule has 1 aromatic rings. The molecular weight excluding hydrogens is 236 g/mol. The van der Waals surface area contributed by atoms with E-state index in [0.717, 1.165) is 54.8 Å². The zero-order chi connectivity index (χ0) is 12.4. The van der Waals surface area contributed by atoms with Crippen molar-refractivity contribution in [2.24, 2.45) is 5.92 Å². The molecule has 0 amide bonds. The van der Waals surface area contributed by atoms with Gasteiger partial charge in [0.25, 0.3) is 0 Å². The van der Waals surface area contributed by atoms with Gasteiger partial charge in [0.15, 0.2) is 6.29 Å². The summed E-state index contributed by atoms with van der Waals surface area (Å²) in [6, 6.07) is 1.77. The molecule has 1 fully saturated rings. The SMILES string of the molecule is CC1CCC(c2cc(C=O)sc2C(=O)O)CC1. The maximum Gasteiger partial charge on any atom is 0.346 e. The van der Waals surface area contributed by atoms with Crippen molar-refractivity contribution in [3.05, 3.63) is 21.4 Å². The molecule has 1 aliphatic rings. The van der Waals surface area contributed by atoms with Gasteiger partial charge in [0, 0.05) is 0 Å². The minimum absolute atomic E-state index is 0.322. The first-order valence-electron chi connectivity index (χ1n) is 5.94. The predicted molar refractivity (Wildman–Crippen MR) is 67.0 cm³/mol. The van der Waals surface area contributed by atoms with E-state index in [1.165, 1.54) is 0 Å². The van der Waals surface area contributed by atoms with Crippen molar-refractivity contribution >= 4 is 23.6 Å². The van der Waals surface area contributed by atoms with Crippen molar-refractivity contribution in [2.75, 3.05) is 0 Å². The highest BCUT2D eigenvalue weighted by Gasteiger charge is 2.26. The second kappa shape index (κ2) is 5.00. The lowest BCUT2D eigenvalue weighted by Crippen LogP contribution is -2.12.